The fourth-order valence-electron chi connectivity index (χ4n) is 4.44. The van der Waals surface area contributed by atoms with Gasteiger partial charge in [0.15, 0.2) is 9.84 Å². The van der Waals surface area contributed by atoms with Crippen LogP contribution in [0, 0.1) is 5.41 Å². The van der Waals surface area contributed by atoms with Crippen molar-refractivity contribution in [1.29, 1.82) is 0 Å². The number of rotatable bonds is 2. The van der Waals surface area contributed by atoms with Crippen molar-refractivity contribution in [2.45, 2.75) is 64.1 Å². The Labute approximate surface area is 158 Å². The first-order valence-corrected chi connectivity index (χ1v) is 11.5. The number of aryl methyl sites for hydroxylation is 1. The van der Waals surface area contributed by atoms with Crippen molar-refractivity contribution in [2.75, 3.05) is 24.6 Å². The molecule has 1 aromatic rings. The van der Waals surface area contributed by atoms with Crippen LogP contribution in [0.3, 0.4) is 0 Å². The lowest BCUT2D eigenvalue weighted by molar-refractivity contribution is -0.144. The van der Waals surface area contributed by atoms with Gasteiger partial charge in [-0.15, -0.1) is 0 Å². The molecule has 3 heterocycles. The molecule has 0 bridgehead atoms. The minimum Gasteiger partial charge on any atom is -0.316 e. The van der Waals surface area contributed by atoms with E-state index in [9.17, 15) is 21.6 Å². The zero-order chi connectivity index (χ0) is 19.7. The third-order valence-electron chi connectivity index (χ3n) is 5.80. The molecule has 0 radical (unpaired) electrons. The van der Waals surface area contributed by atoms with Crippen LogP contribution in [0.4, 0.5) is 13.2 Å². The average Bonchev–Trinajstić information content (AvgIpc) is 3.22. The summed E-state index contributed by atoms with van der Waals surface area (Å²) in [6.45, 7) is 3.86. The highest BCUT2D eigenvalue weighted by Crippen LogP contribution is 2.38. The molecule has 1 N–H and O–H groups in total. The molecule has 5 nitrogen and oxygen atoms in total. The fraction of sp³-hybridized carbons (Fsp3) is 0.833. The molecule has 2 saturated heterocycles. The largest absolute Gasteiger partial charge is 0.433 e. The van der Waals surface area contributed by atoms with E-state index < -0.39 is 21.7 Å². The van der Waals surface area contributed by atoms with Gasteiger partial charge in [0.2, 0.25) is 0 Å². The van der Waals surface area contributed by atoms with E-state index in [0.29, 0.717) is 17.2 Å². The van der Waals surface area contributed by atoms with Crippen LogP contribution < -0.4 is 5.32 Å². The predicted molar refractivity (Wildman–Crippen MR) is 97.3 cm³/mol. The zero-order valence-electron chi connectivity index (χ0n) is 15.7. The highest BCUT2D eigenvalue weighted by Gasteiger charge is 2.49. The summed E-state index contributed by atoms with van der Waals surface area (Å²) in [5.41, 5.74) is 0.165. The standard InChI is InChI=1S/C12H17F3N2.C6H11NO2S/c1-2-17-11(12(13,14)15)8-10(16-17)9-6-4-3-5-7-9;8-10(9)4-6(5-10)1-2-7-3-6/h8-9H,2-7H2,1H3;7H,1-5H2. The molecule has 1 spiro atoms. The van der Waals surface area contributed by atoms with Crippen molar-refractivity contribution in [3.05, 3.63) is 17.5 Å². The summed E-state index contributed by atoms with van der Waals surface area (Å²) in [4.78, 5) is 0. The molecule has 3 aliphatic rings. The van der Waals surface area contributed by atoms with Crippen LogP contribution >= 0.6 is 0 Å². The summed E-state index contributed by atoms with van der Waals surface area (Å²) >= 11 is 0. The molecule has 0 amide bonds. The molecule has 0 aromatic carbocycles. The Morgan fingerprint density at radius 2 is 1.93 bits per heavy atom. The van der Waals surface area contributed by atoms with Gasteiger partial charge in [-0.1, -0.05) is 19.3 Å². The smallest absolute Gasteiger partial charge is 0.316 e. The monoisotopic (exact) mass is 407 g/mol. The van der Waals surface area contributed by atoms with Gasteiger partial charge in [-0.05, 0) is 38.8 Å². The maximum atomic E-state index is 12.8. The first-order chi connectivity index (χ1) is 12.6. The average molecular weight is 408 g/mol. The van der Waals surface area contributed by atoms with Crippen LogP contribution in [0.5, 0.6) is 0 Å². The summed E-state index contributed by atoms with van der Waals surface area (Å²) in [5.74, 6) is 1.07. The van der Waals surface area contributed by atoms with Crippen molar-refractivity contribution in [3.63, 3.8) is 0 Å². The Kier molecular flexibility index (Phi) is 5.91. The number of alkyl halides is 3. The normalized spacial score (nSPS) is 24.3. The third-order valence-corrected chi connectivity index (χ3v) is 7.90. The van der Waals surface area contributed by atoms with E-state index in [1.807, 2.05) is 0 Å². The second-order valence-corrected chi connectivity index (χ2v) is 10.1. The molecule has 3 fully saturated rings. The van der Waals surface area contributed by atoms with Crippen LogP contribution in [0.2, 0.25) is 0 Å². The van der Waals surface area contributed by atoms with Gasteiger partial charge in [0.25, 0.3) is 0 Å². The molecule has 1 aromatic heterocycles. The highest BCUT2D eigenvalue weighted by molar-refractivity contribution is 7.92. The van der Waals surface area contributed by atoms with E-state index in [2.05, 4.69) is 10.4 Å². The first-order valence-electron chi connectivity index (χ1n) is 9.70. The molecular formula is C18H28F3N3O2S. The van der Waals surface area contributed by atoms with Crippen LogP contribution in [0.15, 0.2) is 6.07 Å². The van der Waals surface area contributed by atoms with E-state index in [0.717, 1.165) is 49.9 Å². The highest BCUT2D eigenvalue weighted by atomic mass is 32.2. The van der Waals surface area contributed by atoms with E-state index in [-0.39, 0.29) is 17.9 Å². The zero-order valence-corrected chi connectivity index (χ0v) is 16.5. The van der Waals surface area contributed by atoms with Crippen molar-refractivity contribution in [2.24, 2.45) is 5.41 Å². The molecular weight excluding hydrogens is 379 g/mol. The first kappa shape index (κ1) is 20.6. The van der Waals surface area contributed by atoms with E-state index in [4.69, 9.17) is 0 Å². The number of nitrogens with zero attached hydrogens (tertiary/aromatic N) is 2. The van der Waals surface area contributed by atoms with Gasteiger partial charge in [-0.2, -0.15) is 18.3 Å². The van der Waals surface area contributed by atoms with Gasteiger partial charge in [0.1, 0.15) is 5.69 Å². The number of aromatic nitrogens is 2. The Morgan fingerprint density at radius 3 is 2.37 bits per heavy atom. The van der Waals surface area contributed by atoms with Crippen LogP contribution in [0.25, 0.3) is 0 Å². The molecule has 2 aliphatic heterocycles. The van der Waals surface area contributed by atoms with Gasteiger partial charge in [0, 0.05) is 24.4 Å². The fourth-order valence-corrected chi connectivity index (χ4v) is 6.71. The van der Waals surface area contributed by atoms with Crippen molar-refractivity contribution < 1.29 is 21.6 Å². The molecule has 27 heavy (non-hydrogen) atoms. The van der Waals surface area contributed by atoms with Crippen molar-refractivity contribution in [1.82, 2.24) is 15.1 Å². The molecule has 154 valence electrons. The lowest BCUT2D eigenvalue weighted by Gasteiger charge is -2.36. The number of halogens is 3. The van der Waals surface area contributed by atoms with Gasteiger partial charge >= 0.3 is 6.18 Å². The van der Waals surface area contributed by atoms with Crippen molar-refractivity contribution >= 4 is 9.84 Å². The maximum Gasteiger partial charge on any atom is 0.433 e. The predicted octanol–water partition coefficient (Wildman–Crippen LogP) is 3.36. The Balaban J connectivity index is 0.000000177. The number of hydrogen-bond acceptors (Lipinski definition) is 4. The minimum absolute atomic E-state index is 0.152. The summed E-state index contributed by atoms with van der Waals surface area (Å²) in [6.07, 6.45) is 2.09. The number of sulfone groups is 1. The number of nitrogens with one attached hydrogen (secondary N) is 1. The topological polar surface area (TPSA) is 64.0 Å². The van der Waals surface area contributed by atoms with E-state index in [1.165, 1.54) is 12.5 Å². The summed E-state index contributed by atoms with van der Waals surface area (Å²) in [7, 11) is -2.61. The van der Waals surface area contributed by atoms with Crippen LogP contribution in [-0.2, 0) is 22.6 Å². The van der Waals surface area contributed by atoms with Crippen LogP contribution in [-0.4, -0.2) is 42.8 Å². The van der Waals surface area contributed by atoms with Crippen molar-refractivity contribution in [3.8, 4) is 0 Å². The van der Waals surface area contributed by atoms with Gasteiger partial charge < -0.3 is 5.32 Å². The molecule has 1 aliphatic carbocycles. The summed E-state index contributed by atoms with van der Waals surface area (Å²) in [6, 6.07) is 1.24. The molecule has 0 atom stereocenters. The third kappa shape index (κ3) is 4.85. The SMILES string of the molecule is CCn1nc(C2CCCCC2)cc1C(F)(F)F.O=S1(=O)CC2(CCNC2)C1. The molecule has 9 heteroatoms. The Bertz CT molecular complexity index is 732. The Hall–Kier alpha value is -1.09. The molecule has 0 unspecified atom stereocenters. The van der Waals surface area contributed by atoms with Crippen LogP contribution in [0.1, 0.15) is 62.8 Å². The lowest BCUT2D eigenvalue weighted by atomic mass is 9.87. The quantitative estimate of drug-likeness (QED) is 0.817. The van der Waals surface area contributed by atoms with E-state index in [1.54, 1.807) is 6.92 Å². The van der Waals surface area contributed by atoms with E-state index >= 15 is 0 Å². The molecule has 4 rings (SSSR count). The summed E-state index contributed by atoms with van der Waals surface area (Å²) in [5, 5.41) is 7.30. The minimum atomic E-state index is -4.30. The van der Waals surface area contributed by atoms with Gasteiger partial charge in [-0.25, -0.2) is 8.42 Å². The van der Waals surface area contributed by atoms with Gasteiger partial charge in [0.05, 0.1) is 17.2 Å². The second kappa shape index (κ2) is 7.73. The Morgan fingerprint density at radius 1 is 1.26 bits per heavy atom. The lowest BCUT2D eigenvalue weighted by Crippen LogP contribution is -2.49. The van der Waals surface area contributed by atoms with Gasteiger partial charge in [-0.3, -0.25) is 4.68 Å². The summed E-state index contributed by atoms with van der Waals surface area (Å²) < 4.78 is 61.0. The number of hydrogen-bond donors (Lipinski definition) is 1. The second-order valence-electron chi connectivity index (χ2n) is 8.06. The molecule has 1 saturated carbocycles. The maximum absolute atomic E-state index is 12.8.